The van der Waals surface area contributed by atoms with Gasteiger partial charge in [-0.15, -0.1) is 5.10 Å². The van der Waals surface area contributed by atoms with E-state index in [1.165, 1.54) is 32.1 Å². The Bertz CT molecular complexity index is 428. The van der Waals surface area contributed by atoms with Gasteiger partial charge in [-0.25, -0.2) is 5.10 Å². The molecule has 1 N–H and O–H groups in total. The first-order valence-corrected chi connectivity index (χ1v) is 7.38. The zero-order valence-electron chi connectivity index (χ0n) is 11.6. The van der Waals surface area contributed by atoms with Gasteiger partial charge in [0.1, 0.15) is 0 Å². The highest BCUT2D eigenvalue weighted by molar-refractivity contribution is 7.71. The highest BCUT2D eigenvalue weighted by Gasteiger charge is 2.25. The molecule has 2 rings (SSSR count). The number of hydrogen-bond acceptors (Lipinski definition) is 3. The van der Waals surface area contributed by atoms with Crippen LogP contribution in [0.25, 0.3) is 0 Å². The summed E-state index contributed by atoms with van der Waals surface area (Å²) in [7, 11) is 2.00. The van der Waals surface area contributed by atoms with Gasteiger partial charge in [0, 0.05) is 19.6 Å². The van der Waals surface area contributed by atoms with Crippen molar-refractivity contribution >= 4 is 18.2 Å². The zero-order valence-corrected chi connectivity index (χ0v) is 12.5. The summed E-state index contributed by atoms with van der Waals surface area (Å²) in [6.45, 7) is 5.63. The van der Waals surface area contributed by atoms with E-state index in [4.69, 9.17) is 12.2 Å². The zero-order chi connectivity index (χ0) is 13.1. The Balaban J connectivity index is 2.17. The molecule has 5 heteroatoms. The van der Waals surface area contributed by atoms with Crippen molar-refractivity contribution in [2.45, 2.75) is 52.0 Å². The molecule has 0 bridgehead atoms. The summed E-state index contributed by atoms with van der Waals surface area (Å²) in [6, 6.07) is 0.646. The standard InChI is InChI=1S/C13H24N4S/c1-10(2)8-9-17(11-6-4-5-7-11)12-14-15-13(18)16(12)3/h10-11H,4-9H2,1-3H3,(H,15,18). The van der Waals surface area contributed by atoms with E-state index in [0.29, 0.717) is 10.8 Å². The van der Waals surface area contributed by atoms with Gasteiger partial charge < -0.3 is 4.90 Å². The van der Waals surface area contributed by atoms with Crippen LogP contribution in [-0.4, -0.2) is 27.4 Å². The van der Waals surface area contributed by atoms with E-state index in [1.54, 1.807) is 0 Å². The molecule has 1 aromatic heterocycles. The largest absolute Gasteiger partial charge is 0.338 e. The minimum atomic E-state index is 0.646. The summed E-state index contributed by atoms with van der Waals surface area (Å²) in [5.74, 6) is 1.73. The van der Waals surface area contributed by atoms with E-state index in [0.717, 1.165) is 18.4 Å². The summed E-state index contributed by atoms with van der Waals surface area (Å²) in [5.41, 5.74) is 0. The Labute approximate surface area is 114 Å². The fraction of sp³-hybridized carbons (Fsp3) is 0.846. The van der Waals surface area contributed by atoms with Crippen LogP contribution >= 0.6 is 12.2 Å². The number of hydrogen-bond donors (Lipinski definition) is 1. The van der Waals surface area contributed by atoms with Crippen molar-refractivity contribution in [2.75, 3.05) is 11.4 Å². The molecule has 1 aliphatic carbocycles. The SMILES string of the molecule is CC(C)CCN(c1n[nH]c(=S)n1C)C1CCCC1. The van der Waals surface area contributed by atoms with Crippen LogP contribution in [0.5, 0.6) is 0 Å². The Kier molecular flexibility index (Phi) is 4.43. The van der Waals surface area contributed by atoms with Gasteiger partial charge in [-0.1, -0.05) is 26.7 Å². The number of rotatable bonds is 5. The monoisotopic (exact) mass is 268 g/mol. The average molecular weight is 268 g/mol. The Morgan fingerprint density at radius 1 is 1.44 bits per heavy atom. The van der Waals surface area contributed by atoms with E-state index in [-0.39, 0.29) is 0 Å². The molecule has 1 aliphatic rings. The van der Waals surface area contributed by atoms with E-state index < -0.39 is 0 Å². The summed E-state index contributed by atoms with van der Waals surface area (Å²) in [6.07, 6.45) is 6.47. The molecule has 1 fully saturated rings. The minimum Gasteiger partial charge on any atom is -0.338 e. The molecule has 0 spiro atoms. The Morgan fingerprint density at radius 2 is 2.11 bits per heavy atom. The molecule has 4 nitrogen and oxygen atoms in total. The molecule has 1 saturated carbocycles. The fourth-order valence-corrected chi connectivity index (χ4v) is 2.78. The first-order valence-electron chi connectivity index (χ1n) is 6.97. The molecule has 0 amide bonds. The number of aromatic amines is 1. The highest BCUT2D eigenvalue weighted by atomic mass is 32.1. The van der Waals surface area contributed by atoms with Gasteiger partial charge in [0.2, 0.25) is 5.95 Å². The molecule has 0 saturated heterocycles. The second kappa shape index (κ2) is 5.87. The van der Waals surface area contributed by atoms with Crippen LogP contribution in [0.1, 0.15) is 46.0 Å². The maximum atomic E-state index is 5.22. The maximum Gasteiger partial charge on any atom is 0.225 e. The predicted octanol–water partition coefficient (Wildman–Crippen LogP) is 3.27. The molecule has 0 aliphatic heterocycles. The number of nitrogens with zero attached hydrogens (tertiary/aromatic N) is 3. The smallest absolute Gasteiger partial charge is 0.225 e. The molecule has 0 atom stereocenters. The molecule has 0 unspecified atom stereocenters. The third-order valence-corrected chi connectivity index (χ3v) is 4.19. The molecule has 1 aromatic rings. The molecular weight excluding hydrogens is 244 g/mol. The van der Waals surface area contributed by atoms with E-state index in [1.807, 2.05) is 11.6 Å². The van der Waals surface area contributed by atoms with Crippen molar-refractivity contribution in [2.24, 2.45) is 13.0 Å². The van der Waals surface area contributed by atoms with Crippen molar-refractivity contribution in [1.29, 1.82) is 0 Å². The van der Waals surface area contributed by atoms with E-state index in [2.05, 4.69) is 28.9 Å². The van der Waals surface area contributed by atoms with Gasteiger partial charge in [-0.05, 0) is 37.4 Å². The average Bonchev–Trinajstić information content (AvgIpc) is 2.94. The van der Waals surface area contributed by atoms with Gasteiger partial charge in [-0.3, -0.25) is 4.57 Å². The number of aromatic nitrogens is 3. The fourth-order valence-electron chi connectivity index (χ4n) is 2.65. The topological polar surface area (TPSA) is 36.9 Å². The molecular formula is C13H24N4S. The van der Waals surface area contributed by atoms with Crippen LogP contribution in [0, 0.1) is 10.7 Å². The van der Waals surface area contributed by atoms with Crippen molar-refractivity contribution in [3.05, 3.63) is 4.77 Å². The lowest BCUT2D eigenvalue weighted by Gasteiger charge is -2.30. The van der Waals surface area contributed by atoms with Crippen LogP contribution in [0.4, 0.5) is 5.95 Å². The highest BCUT2D eigenvalue weighted by Crippen LogP contribution is 2.27. The second-order valence-electron chi connectivity index (χ2n) is 5.70. The first-order chi connectivity index (χ1) is 8.59. The molecule has 0 aromatic carbocycles. The normalized spacial score (nSPS) is 16.7. The molecule has 18 heavy (non-hydrogen) atoms. The van der Waals surface area contributed by atoms with Gasteiger partial charge in [0.25, 0.3) is 0 Å². The first kappa shape index (κ1) is 13.6. The van der Waals surface area contributed by atoms with Crippen LogP contribution in [0.2, 0.25) is 0 Å². The van der Waals surface area contributed by atoms with Crippen molar-refractivity contribution < 1.29 is 0 Å². The Morgan fingerprint density at radius 3 is 2.61 bits per heavy atom. The van der Waals surface area contributed by atoms with Crippen molar-refractivity contribution in [3.8, 4) is 0 Å². The number of anilines is 1. The maximum absolute atomic E-state index is 5.22. The van der Waals surface area contributed by atoms with Crippen molar-refractivity contribution in [3.63, 3.8) is 0 Å². The summed E-state index contributed by atoms with van der Waals surface area (Å²) in [4.78, 5) is 2.46. The molecule has 1 heterocycles. The predicted molar refractivity (Wildman–Crippen MR) is 77.4 cm³/mol. The quantitative estimate of drug-likeness (QED) is 0.833. The molecule has 102 valence electrons. The van der Waals surface area contributed by atoms with E-state index in [9.17, 15) is 0 Å². The van der Waals surface area contributed by atoms with Gasteiger partial charge in [0.05, 0.1) is 0 Å². The number of H-pyrrole nitrogens is 1. The van der Waals surface area contributed by atoms with Gasteiger partial charge in [0.15, 0.2) is 4.77 Å². The summed E-state index contributed by atoms with van der Waals surface area (Å²) in [5, 5.41) is 7.31. The summed E-state index contributed by atoms with van der Waals surface area (Å²) < 4.78 is 2.70. The molecule has 0 radical (unpaired) electrons. The van der Waals surface area contributed by atoms with Crippen LogP contribution in [0.3, 0.4) is 0 Å². The minimum absolute atomic E-state index is 0.646. The van der Waals surface area contributed by atoms with Crippen LogP contribution in [0.15, 0.2) is 0 Å². The van der Waals surface area contributed by atoms with Crippen LogP contribution < -0.4 is 4.90 Å². The third kappa shape index (κ3) is 2.94. The lowest BCUT2D eigenvalue weighted by molar-refractivity contribution is 0.516. The van der Waals surface area contributed by atoms with Gasteiger partial charge >= 0.3 is 0 Å². The third-order valence-electron chi connectivity index (χ3n) is 3.83. The summed E-state index contributed by atoms with van der Waals surface area (Å²) >= 11 is 5.22. The number of nitrogens with one attached hydrogen (secondary N) is 1. The Hall–Kier alpha value is -0.840. The lowest BCUT2D eigenvalue weighted by atomic mass is 10.1. The van der Waals surface area contributed by atoms with Crippen molar-refractivity contribution in [1.82, 2.24) is 14.8 Å². The van der Waals surface area contributed by atoms with E-state index >= 15 is 0 Å². The van der Waals surface area contributed by atoms with Gasteiger partial charge in [-0.2, -0.15) is 0 Å². The van der Waals surface area contributed by atoms with Crippen LogP contribution in [-0.2, 0) is 7.05 Å². The lowest BCUT2D eigenvalue weighted by Crippen LogP contribution is -2.36. The second-order valence-corrected chi connectivity index (χ2v) is 6.09.